The van der Waals surface area contributed by atoms with Gasteiger partial charge in [-0.3, -0.25) is 14.6 Å². The summed E-state index contributed by atoms with van der Waals surface area (Å²) in [5.74, 6) is -0.544. The van der Waals surface area contributed by atoms with E-state index < -0.39 is 5.97 Å². The highest BCUT2D eigenvalue weighted by molar-refractivity contribution is 5.94. The molecule has 1 fully saturated rings. The Labute approximate surface area is 232 Å². The molecule has 1 amide bonds. The van der Waals surface area contributed by atoms with Gasteiger partial charge in [-0.1, -0.05) is 18.2 Å². The number of aromatic carboxylic acids is 1. The Kier molecular flexibility index (Phi) is 7.30. The van der Waals surface area contributed by atoms with Crippen molar-refractivity contribution < 1.29 is 19.1 Å². The summed E-state index contributed by atoms with van der Waals surface area (Å²) in [6.07, 6.45) is 1.77. The number of fused-ring (bicyclic) bond motifs is 1. The summed E-state index contributed by atoms with van der Waals surface area (Å²) in [7, 11) is 0. The van der Waals surface area contributed by atoms with Crippen LogP contribution in [0.15, 0.2) is 63.9 Å². The molecule has 0 bridgehead atoms. The minimum Gasteiger partial charge on any atom is -0.478 e. The van der Waals surface area contributed by atoms with Crippen LogP contribution in [0.2, 0.25) is 0 Å². The fourth-order valence-electron chi connectivity index (χ4n) is 5.23. The number of aryl methyl sites for hydroxylation is 1. The Bertz CT molecular complexity index is 1650. The number of hydrogen-bond donors (Lipinski definition) is 2. The maximum absolute atomic E-state index is 13.5. The molecule has 1 atom stereocenters. The minimum absolute atomic E-state index is 0.0834. The quantitative estimate of drug-likeness (QED) is 0.351. The molecule has 0 unspecified atom stereocenters. The molecule has 2 aromatic heterocycles. The Hall–Kier alpha value is -4.66. The lowest BCUT2D eigenvalue weighted by atomic mass is 9.99. The number of carbonyl (C=O) groups is 2. The van der Waals surface area contributed by atoms with E-state index in [1.54, 1.807) is 44.3 Å². The lowest BCUT2D eigenvalue weighted by Gasteiger charge is -2.35. The zero-order valence-corrected chi connectivity index (χ0v) is 23.0. The molecule has 4 aromatic rings. The van der Waals surface area contributed by atoms with Crippen molar-refractivity contribution in [2.45, 2.75) is 33.7 Å². The number of anilines is 2. The molecule has 0 radical (unpaired) electrons. The van der Waals surface area contributed by atoms with Crippen molar-refractivity contribution in [3.05, 3.63) is 87.2 Å². The largest absolute Gasteiger partial charge is 0.478 e. The van der Waals surface area contributed by atoms with Gasteiger partial charge in [0.2, 0.25) is 5.91 Å². The van der Waals surface area contributed by atoms with Crippen molar-refractivity contribution in [1.29, 1.82) is 0 Å². The van der Waals surface area contributed by atoms with Crippen LogP contribution in [-0.2, 0) is 4.79 Å². The predicted octanol–water partition coefficient (Wildman–Crippen LogP) is 5.01. The number of nitrogens with zero attached hydrogens (tertiary/aromatic N) is 3. The van der Waals surface area contributed by atoms with Gasteiger partial charge < -0.3 is 24.6 Å². The van der Waals surface area contributed by atoms with Gasteiger partial charge in [-0.15, -0.1) is 0 Å². The summed E-state index contributed by atoms with van der Waals surface area (Å²) in [6, 6.07) is 13.9. The lowest BCUT2D eigenvalue weighted by molar-refractivity contribution is -0.129. The van der Waals surface area contributed by atoms with E-state index in [2.05, 4.69) is 15.2 Å². The average molecular weight is 541 g/mol. The van der Waals surface area contributed by atoms with Crippen molar-refractivity contribution >= 4 is 34.2 Å². The third-order valence-electron chi connectivity index (χ3n) is 7.46. The van der Waals surface area contributed by atoms with Crippen molar-refractivity contribution in [3.8, 4) is 11.5 Å². The van der Waals surface area contributed by atoms with Crippen molar-refractivity contribution in [2.24, 2.45) is 0 Å². The van der Waals surface area contributed by atoms with Crippen molar-refractivity contribution in [3.63, 3.8) is 0 Å². The van der Waals surface area contributed by atoms with Crippen LogP contribution in [-0.4, -0.2) is 53.0 Å². The van der Waals surface area contributed by atoms with Crippen LogP contribution in [0.5, 0.6) is 0 Å². The number of benzene rings is 2. The number of nitrogens with one attached hydrogen (secondary N) is 1. The summed E-state index contributed by atoms with van der Waals surface area (Å²) < 4.78 is 6.43. The van der Waals surface area contributed by atoms with Crippen LogP contribution in [0.4, 0.5) is 11.4 Å². The van der Waals surface area contributed by atoms with Gasteiger partial charge in [-0.05, 0) is 56.7 Å². The highest BCUT2D eigenvalue weighted by Gasteiger charge is 2.22. The molecule has 0 saturated carbocycles. The first-order valence-electron chi connectivity index (χ1n) is 13.3. The number of hydrogen-bond acceptors (Lipinski definition) is 7. The summed E-state index contributed by atoms with van der Waals surface area (Å²) in [6.45, 7) is 9.94. The molecule has 2 aromatic carbocycles. The van der Waals surface area contributed by atoms with E-state index >= 15 is 0 Å². The molecule has 0 aliphatic carbocycles. The SMILES string of the molecule is CC(=O)N1CCN(c2ccc(-c3oc4c([C@@H](C)Nc5ccccc5C(=O)O)cc(C)cc4c(=O)c3C)nc2)CC1. The molecule has 2 N–H and O–H groups in total. The van der Waals surface area contributed by atoms with E-state index in [4.69, 9.17) is 4.42 Å². The number of aromatic nitrogens is 1. The van der Waals surface area contributed by atoms with E-state index in [1.165, 1.54) is 0 Å². The predicted molar refractivity (Wildman–Crippen MR) is 155 cm³/mol. The summed E-state index contributed by atoms with van der Waals surface area (Å²) in [5, 5.41) is 13.4. The van der Waals surface area contributed by atoms with Crippen LogP contribution in [0.3, 0.4) is 0 Å². The minimum atomic E-state index is -1.02. The zero-order valence-electron chi connectivity index (χ0n) is 23.0. The van der Waals surface area contributed by atoms with E-state index in [1.807, 2.05) is 43.0 Å². The van der Waals surface area contributed by atoms with Gasteiger partial charge in [-0.25, -0.2) is 4.79 Å². The number of rotatable bonds is 6. The number of carboxylic acid groups (broad SMARTS) is 1. The summed E-state index contributed by atoms with van der Waals surface area (Å²) >= 11 is 0. The van der Waals surface area contributed by atoms with Crippen LogP contribution < -0.4 is 15.6 Å². The second-order valence-corrected chi connectivity index (χ2v) is 10.2. The maximum atomic E-state index is 13.5. The fraction of sp³-hybridized carbons (Fsp3) is 0.290. The van der Waals surface area contributed by atoms with E-state index in [0.717, 1.165) is 29.9 Å². The van der Waals surface area contributed by atoms with Gasteiger partial charge in [0.1, 0.15) is 11.3 Å². The molecule has 3 heterocycles. The van der Waals surface area contributed by atoms with Crippen LogP contribution in [0.1, 0.15) is 46.9 Å². The highest BCUT2D eigenvalue weighted by atomic mass is 16.4. The first-order chi connectivity index (χ1) is 19.1. The molecule has 1 saturated heterocycles. The van der Waals surface area contributed by atoms with Crippen molar-refractivity contribution in [1.82, 2.24) is 9.88 Å². The molecule has 40 heavy (non-hydrogen) atoms. The van der Waals surface area contributed by atoms with Gasteiger partial charge in [0.15, 0.2) is 11.2 Å². The van der Waals surface area contributed by atoms with E-state index in [9.17, 15) is 19.5 Å². The number of carbonyl (C=O) groups excluding carboxylic acids is 1. The van der Waals surface area contributed by atoms with Gasteiger partial charge in [0.25, 0.3) is 0 Å². The molecule has 5 rings (SSSR count). The molecule has 0 spiro atoms. The molecule has 1 aliphatic heterocycles. The Morgan fingerprint density at radius 3 is 2.42 bits per heavy atom. The third-order valence-corrected chi connectivity index (χ3v) is 7.46. The molecular formula is C31H32N4O5. The number of amides is 1. The van der Waals surface area contributed by atoms with Gasteiger partial charge in [-0.2, -0.15) is 0 Å². The Balaban J connectivity index is 1.50. The normalized spacial score (nSPS) is 14.3. The highest BCUT2D eigenvalue weighted by Crippen LogP contribution is 2.32. The molecule has 206 valence electrons. The van der Waals surface area contributed by atoms with Crippen LogP contribution >= 0.6 is 0 Å². The van der Waals surface area contributed by atoms with Crippen LogP contribution in [0.25, 0.3) is 22.4 Å². The van der Waals surface area contributed by atoms with Gasteiger partial charge in [0.05, 0.1) is 28.9 Å². The lowest BCUT2D eigenvalue weighted by Crippen LogP contribution is -2.48. The molecule has 1 aliphatic rings. The first kappa shape index (κ1) is 26.9. The fourth-order valence-corrected chi connectivity index (χ4v) is 5.23. The molecule has 9 heteroatoms. The monoisotopic (exact) mass is 540 g/mol. The zero-order chi connectivity index (χ0) is 28.6. The number of pyridine rings is 1. The second kappa shape index (κ2) is 10.8. The molecular weight excluding hydrogens is 508 g/mol. The standard InChI is InChI=1S/C31H32N4O5/c1-18-15-24(20(3)33-26-8-6-5-7-23(26)31(38)39)30-25(16-18)28(37)19(2)29(40-30)27-10-9-22(17-32-27)35-13-11-34(12-14-35)21(4)36/h5-10,15-17,20,33H,11-14H2,1-4H3,(H,38,39)/t20-/m1/s1. The average Bonchev–Trinajstić information content (AvgIpc) is 2.95. The Morgan fingerprint density at radius 1 is 1.05 bits per heavy atom. The van der Waals surface area contributed by atoms with Gasteiger partial charge in [0, 0.05) is 49.9 Å². The molecule has 9 nitrogen and oxygen atoms in total. The van der Waals surface area contributed by atoms with Gasteiger partial charge >= 0.3 is 5.97 Å². The third kappa shape index (κ3) is 5.14. The van der Waals surface area contributed by atoms with E-state index in [-0.39, 0.29) is 22.9 Å². The van der Waals surface area contributed by atoms with Crippen molar-refractivity contribution in [2.75, 3.05) is 36.4 Å². The summed E-state index contributed by atoms with van der Waals surface area (Å²) in [4.78, 5) is 45.6. The maximum Gasteiger partial charge on any atom is 0.337 e. The first-order valence-corrected chi connectivity index (χ1v) is 13.3. The number of piperazine rings is 1. The second-order valence-electron chi connectivity index (χ2n) is 10.2. The van der Waals surface area contributed by atoms with Crippen LogP contribution in [0, 0.1) is 13.8 Å². The number of para-hydroxylation sites is 1. The smallest absolute Gasteiger partial charge is 0.337 e. The van der Waals surface area contributed by atoms with E-state index in [0.29, 0.717) is 46.8 Å². The number of carboxylic acids is 1. The topological polar surface area (TPSA) is 116 Å². The Morgan fingerprint density at radius 2 is 1.77 bits per heavy atom. The summed E-state index contributed by atoms with van der Waals surface area (Å²) in [5.41, 5.74) is 4.55.